The molecule has 0 unspecified atom stereocenters. The van der Waals surface area contributed by atoms with Crippen LogP contribution < -0.4 is 0 Å². The van der Waals surface area contributed by atoms with E-state index in [1.807, 2.05) is 0 Å². The van der Waals surface area contributed by atoms with E-state index in [-0.39, 0.29) is 5.82 Å². The van der Waals surface area contributed by atoms with Gasteiger partial charge in [0.05, 0.1) is 11.2 Å². The smallest absolute Gasteiger partial charge is 0.160 e. The van der Waals surface area contributed by atoms with Gasteiger partial charge >= 0.3 is 0 Å². The van der Waals surface area contributed by atoms with Gasteiger partial charge in [-0.2, -0.15) is 0 Å². The predicted octanol–water partition coefficient (Wildman–Crippen LogP) is 4.80. The van der Waals surface area contributed by atoms with Gasteiger partial charge in [0.15, 0.2) is 11.6 Å². The van der Waals surface area contributed by atoms with Crippen molar-refractivity contribution in [1.29, 1.82) is 0 Å². The van der Waals surface area contributed by atoms with Crippen LogP contribution in [0, 0.1) is 17.5 Å². The number of aromatic nitrogens is 2. The maximum Gasteiger partial charge on any atom is 0.160 e. The Bertz CT molecular complexity index is 1020. The molecule has 0 saturated heterocycles. The molecule has 2 aromatic heterocycles. The molecule has 22 heavy (non-hydrogen) atoms. The van der Waals surface area contributed by atoms with E-state index in [2.05, 4.69) is 9.97 Å². The molecule has 108 valence electrons. The molecule has 0 fully saturated rings. The number of rotatable bonds is 1. The highest BCUT2D eigenvalue weighted by atomic mass is 19.2. The van der Waals surface area contributed by atoms with Crippen LogP contribution in [0.3, 0.4) is 0 Å². The summed E-state index contributed by atoms with van der Waals surface area (Å²) in [4.78, 5) is 7.36. The number of fused-ring (bicyclic) bond motifs is 2. The van der Waals surface area contributed by atoms with E-state index >= 15 is 0 Å². The molecule has 0 saturated carbocycles. The maximum atomic E-state index is 13.5. The fourth-order valence-corrected chi connectivity index (χ4v) is 2.58. The first-order valence-electron chi connectivity index (χ1n) is 6.64. The number of benzene rings is 2. The molecule has 0 radical (unpaired) electrons. The highest BCUT2D eigenvalue weighted by molar-refractivity contribution is 5.96. The molecule has 2 nitrogen and oxygen atoms in total. The topological polar surface area (TPSA) is 28.7 Å². The monoisotopic (exact) mass is 298 g/mol. The Morgan fingerprint density at radius 1 is 0.864 bits per heavy atom. The Hall–Kier alpha value is -2.82. The van der Waals surface area contributed by atoms with Gasteiger partial charge in [-0.15, -0.1) is 0 Å². The van der Waals surface area contributed by atoms with Gasteiger partial charge in [0.2, 0.25) is 0 Å². The summed E-state index contributed by atoms with van der Waals surface area (Å²) in [5.74, 6) is -2.13. The van der Waals surface area contributed by atoms with Crippen LogP contribution in [0.2, 0.25) is 0 Å². The summed E-state index contributed by atoms with van der Waals surface area (Å²) in [5.41, 5.74) is 2.40. The average Bonchev–Trinajstić information content (AvgIpc) is 2.90. The van der Waals surface area contributed by atoms with Crippen molar-refractivity contribution in [2.24, 2.45) is 0 Å². The van der Waals surface area contributed by atoms with E-state index in [4.69, 9.17) is 0 Å². The second kappa shape index (κ2) is 4.59. The lowest BCUT2D eigenvalue weighted by molar-refractivity contribution is 0.511. The van der Waals surface area contributed by atoms with Crippen LogP contribution in [0.25, 0.3) is 33.1 Å². The molecule has 5 heteroatoms. The lowest BCUT2D eigenvalue weighted by Crippen LogP contribution is -1.87. The molecule has 0 aliphatic heterocycles. The van der Waals surface area contributed by atoms with E-state index in [1.165, 1.54) is 12.1 Å². The summed E-state index contributed by atoms with van der Waals surface area (Å²) in [6, 6.07) is 10.1. The number of pyridine rings is 1. The zero-order valence-electron chi connectivity index (χ0n) is 11.2. The van der Waals surface area contributed by atoms with Crippen molar-refractivity contribution in [2.75, 3.05) is 0 Å². The SMILES string of the molecule is Fc1ccc2nc(-c3c[nH]c4cc(F)c(F)cc34)ccc2c1. The molecular formula is C17H9F3N2. The molecule has 0 bridgehead atoms. The van der Waals surface area contributed by atoms with Gasteiger partial charge in [-0.25, -0.2) is 18.2 Å². The maximum absolute atomic E-state index is 13.5. The third-order valence-corrected chi connectivity index (χ3v) is 3.65. The summed E-state index contributed by atoms with van der Waals surface area (Å²) >= 11 is 0. The Kier molecular flexibility index (Phi) is 2.69. The van der Waals surface area contributed by atoms with E-state index in [0.717, 1.165) is 12.1 Å². The van der Waals surface area contributed by atoms with Crippen LogP contribution in [-0.4, -0.2) is 9.97 Å². The average molecular weight is 298 g/mol. The molecule has 1 N–H and O–H groups in total. The molecule has 0 aliphatic carbocycles. The summed E-state index contributed by atoms with van der Waals surface area (Å²) in [6.45, 7) is 0. The highest BCUT2D eigenvalue weighted by Gasteiger charge is 2.12. The molecule has 0 atom stereocenters. The van der Waals surface area contributed by atoms with Crippen LogP contribution in [0.1, 0.15) is 0 Å². The zero-order valence-corrected chi connectivity index (χ0v) is 11.2. The fourth-order valence-electron chi connectivity index (χ4n) is 2.58. The first kappa shape index (κ1) is 12.9. The molecule has 0 spiro atoms. The summed E-state index contributed by atoms with van der Waals surface area (Å²) < 4.78 is 39.9. The van der Waals surface area contributed by atoms with Gasteiger partial charge < -0.3 is 4.98 Å². The largest absolute Gasteiger partial charge is 0.360 e. The Morgan fingerprint density at radius 2 is 1.68 bits per heavy atom. The Labute approximate surface area is 123 Å². The fraction of sp³-hybridized carbons (Fsp3) is 0. The molecular weight excluding hydrogens is 289 g/mol. The van der Waals surface area contributed by atoms with Crippen LogP contribution in [0.4, 0.5) is 13.2 Å². The van der Waals surface area contributed by atoms with Gasteiger partial charge in [-0.05, 0) is 30.3 Å². The molecule has 0 amide bonds. The number of aromatic amines is 1. The van der Waals surface area contributed by atoms with Crippen LogP contribution in [0.5, 0.6) is 0 Å². The van der Waals surface area contributed by atoms with Crippen LogP contribution in [-0.2, 0) is 0 Å². The van der Waals surface area contributed by atoms with Gasteiger partial charge in [-0.3, -0.25) is 0 Å². The minimum atomic E-state index is -0.906. The van der Waals surface area contributed by atoms with Crippen molar-refractivity contribution in [2.45, 2.75) is 0 Å². The van der Waals surface area contributed by atoms with E-state index < -0.39 is 11.6 Å². The van der Waals surface area contributed by atoms with Crippen molar-refractivity contribution >= 4 is 21.8 Å². The number of nitrogens with one attached hydrogen (secondary N) is 1. The quantitative estimate of drug-likeness (QED) is 0.537. The number of H-pyrrole nitrogens is 1. The summed E-state index contributed by atoms with van der Waals surface area (Å²) in [7, 11) is 0. The van der Waals surface area contributed by atoms with Gasteiger partial charge in [0.1, 0.15) is 5.82 Å². The second-order valence-corrected chi connectivity index (χ2v) is 5.05. The third-order valence-electron chi connectivity index (χ3n) is 3.65. The van der Waals surface area contributed by atoms with Gasteiger partial charge in [0.25, 0.3) is 0 Å². The minimum absolute atomic E-state index is 0.327. The number of hydrogen-bond acceptors (Lipinski definition) is 1. The molecule has 4 rings (SSSR count). The van der Waals surface area contributed by atoms with Gasteiger partial charge in [0, 0.05) is 34.1 Å². The van der Waals surface area contributed by atoms with Crippen LogP contribution in [0.15, 0.2) is 48.7 Å². The molecule has 4 aromatic rings. The van der Waals surface area contributed by atoms with Crippen LogP contribution >= 0.6 is 0 Å². The number of halogens is 3. The normalized spacial score (nSPS) is 11.4. The Morgan fingerprint density at radius 3 is 2.55 bits per heavy atom. The molecule has 2 aromatic carbocycles. The van der Waals surface area contributed by atoms with Gasteiger partial charge in [-0.1, -0.05) is 6.07 Å². The second-order valence-electron chi connectivity index (χ2n) is 5.05. The summed E-state index contributed by atoms with van der Waals surface area (Å²) in [6.07, 6.45) is 1.65. The van der Waals surface area contributed by atoms with E-state index in [0.29, 0.717) is 33.1 Å². The standard InChI is InChI=1S/C17H9F3N2/c18-10-2-4-15-9(5-10)1-3-16(22-15)12-8-21-17-7-14(20)13(19)6-11(12)17/h1-8,21H. The Balaban J connectivity index is 1.95. The minimum Gasteiger partial charge on any atom is -0.360 e. The number of nitrogens with zero attached hydrogens (tertiary/aromatic N) is 1. The highest BCUT2D eigenvalue weighted by Crippen LogP contribution is 2.30. The lowest BCUT2D eigenvalue weighted by Gasteiger charge is -2.03. The third kappa shape index (κ3) is 1.94. The first-order chi connectivity index (χ1) is 10.6. The van der Waals surface area contributed by atoms with Crippen molar-refractivity contribution in [1.82, 2.24) is 9.97 Å². The van der Waals surface area contributed by atoms with E-state index in [9.17, 15) is 13.2 Å². The van der Waals surface area contributed by atoms with Crippen molar-refractivity contribution in [3.8, 4) is 11.3 Å². The lowest BCUT2D eigenvalue weighted by atomic mass is 10.1. The molecule has 2 heterocycles. The zero-order chi connectivity index (χ0) is 15.3. The van der Waals surface area contributed by atoms with Crippen molar-refractivity contribution in [3.05, 3.63) is 66.1 Å². The van der Waals surface area contributed by atoms with E-state index in [1.54, 1.807) is 24.4 Å². The van der Waals surface area contributed by atoms with Crippen molar-refractivity contribution < 1.29 is 13.2 Å². The number of hydrogen-bond donors (Lipinski definition) is 1. The van der Waals surface area contributed by atoms with Crippen molar-refractivity contribution in [3.63, 3.8) is 0 Å². The first-order valence-corrected chi connectivity index (χ1v) is 6.64. The molecule has 0 aliphatic rings. The summed E-state index contributed by atoms with van der Waals surface area (Å²) in [5, 5.41) is 1.23. The predicted molar refractivity (Wildman–Crippen MR) is 78.9 cm³/mol.